The highest BCUT2D eigenvalue weighted by molar-refractivity contribution is 7.16. The molecule has 5 heteroatoms. The minimum Gasteiger partial charge on any atom is -0.266 e. The molecule has 2 heterocycles. The first-order valence-electron chi connectivity index (χ1n) is 3.08. The molecule has 56 valence electrons. The maximum absolute atomic E-state index is 10.7. The second-order valence-corrected chi connectivity index (χ2v) is 3.38. The van der Waals surface area contributed by atoms with Gasteiger partial charge in [-0.05, 0) is 6.92 Å². The molecule has 0 spiro atoms. The second-order valence-electron chi connectivity index (χ2n) is 2.16. The summed E-state index contributed by atoms with van der Waals surface area (Å²) in [7, 11) is 0. The summed E-state index contributed by atoms with van der Waals surface area (Å²) in [5.74, 6) is 0. The Kier molecular flexibility index (Phi) is 1.25. The van der Waals surface area contributed by atoms with E-state index in [9.17, 15) is 4.79 Å². The Labute approximate surface area is 66.1 Å². The van der Waals surface area contributed by atoms with E-state index in [1.54, 1.807) is 4.52 Å². The molecule has 0 N–H and O–H groups in total. The maximum Gasteiger partial charge on any atom is 0.292 e. The molecule has 0 saturated carbocycles. The van der Waals surface area contributed by atoms with E-state index in [0.717, 1.165) is 4.88 Å². The monoisotopic (exact) mass is 167 g/mol. The van der Waals surface area contributed by atoms with Crippen molar-refractivity contribution >= 4 is 16.3 Å². The highest BCUT2D eigenvalue weighted by Crippen LogP contribution is 2.10. The van der Waals surface area contributed by atoms with Crippen molar-refractivity contribution in [3.8, 4) is 0 Å². The predicted octanol–water partition coefficient (Wildman–Crippen LogP) is 0.459. The molecule has 0 unspecified atom stereocenters. The molecule has 0 bridgehead atoms. The van der Waals surface area contributed by atoms with E-state index in [2.05, 4.69) is 10.1 Å². The molecule has 0 radical (unpaired) electrons. The third-order valence-electron chi connectivity index (χ3n) is 1.25. The molecule has 0 aliphatic carbocycles. The van der Waals surface area contributed by atoms with Crippen LogP contribution >= 0.6 is 11.3 Å². The number of hydrogen-bond donors (Lipinski definition) is 0. The molecule has 0 aliphatic rings. The van der Waals surface area contributed by atoms with Crippen LogP contribution in [0.5, 0.6) is 0 Å². The van der Waals surface area contributed by atoms with Gasteiger partial charge in [0, 0.05) is 11.1 Å². The van der Waals surface area contributed by atoms with Gasteiger partial charge in [-0.3, -0.25) is 4.79 Å². The first-order chi connectivity index (χ1) is 5.25. The lowest BCUT2D eigenvalue weighted by molar-refractivity contribution is 0.896. The van der Waals surface area contributed by atoms with Crippen molar-refractivity contribution in [3.05, 3.63) is 27.6 Å². The van der Waals surface area contributed by atoms with Crippen LogP contribution in [0.15, 0.2) is 17.2 Å². The minimum absolute atomic E-state index is 0.285. The molecule has 4 nitrogen and oxygen atoms in total. The molecule has 2 rings (SSSR count). The molecule has 0 atom stereocenters. The van der Waals surface area contributed by atoms with Crippen LogP contribution < -0.4 is 5.56 Å². The van der Waals surface area contributed by atoms with Crippen LogP contribution in [0.25, 0.3) is 4.96 Å². The molecule has 0 amide bonds. The van der Waals surface area contributed by atoms with Crippen LogP contribution in [0.2, 0.25) is 0 Å². The number of fused-ring (bicyclic) bond motifs is 1. The lowest BCUT2D eigenvalue weighted by Gasteiger charge is -1.84. The topological polar surface area (TPSA) is 47.3 Å². The third kappa shape index (κ3) is 1.03. The van der Waals surface area contributed by atoms with Crippen molar-refractivity contribution in [2.75, 3.05) is 0 Å². The van der Waals surface area contributed by atoms with Gasteiger partial charge in [0.2, 0.25) is 4.96 Å². The lowest BCUT2D eigenvalue weighted by atomic mass is 10.6. The maximum atomic E-state index is 10.7. The summed E-state index contributed by atoms with van der Waals surface area (Å²) in [4.78, 5) is 16.2. The van der Waals surface area contributed by atoms with Gasteiger partial charge < -0.3 is 0 Å². The number of rotatable bonds is 0. The quantitative estimate of drug-likeness (QED) is 0.572. The second kappa shape index (κ2) is 2.13. The third-order valence-corrected chi connectivity index (χ3v) is 2.14. The van der Waals surface area contributed by atoms with Crippen LogP contribution in [0, 0.1) is 6.92 Å². The molecule has 2 aromatic heterocycles. The average Bonchev–Trinajstić information content (AvgIpc) is 2.27. The van der Waals surface area contributed by atoms with E-state index < -0.39 is 0 Å². The fourth-order valence-corrected chi connectivity index (χ4v) is 1.61. The van der Waals surface area contributed by atoms with Gasteiger partial charge in [0.05, 0.1) is 0 Å². The van der Waals surface area contributed by atoms with E-state index >= 15 is 0 Å². The van der Waals surface area contributed by atoms with Gasteiger partial charge in [-0.15, -0.1) is 11.3 Å². The number of thiazole rings is 1. The Morgan fingerprint density at radius 3 is 3.27 bits per heavy atom. The summed E-state index contributed by atoms with van der Waals surface area (Å²) < 4.78 is 1.60. The summed E-state index contributed by atoms with van der Waals surface area (Å²) in [6, 6.07) is 0. The highest BCUT2D eigenvalue weighted by atomic mass is 32.1. The van der Waals surface area contributed by atoms with Crippen molar-refractivity contribution in [1.82, 2.24) is 14.6 Å². The van der Waals surface area contributed by atoms with Crippen molar-refractivity contribution < 1.29 is 0 Å². The summed E-state index contributed by atoms with van der Waals surface area (Å²) in [6.45, 7) is 1.95. The largest absolute Gasteiger partial charge is 0.292 e. The van der Waals surface area contributed by atoms with Gasteiger partial charge in [-0.2, -0.15) is 10.1 Å². The van der Waals surface area contributed by atoms with E-state index in [4.69, 9.17) is 0 Å². The van der Waals surface area contributed by atoms with E-state index in [1.165, 1.54) is 17.5 Å². The van der Waals surface area contributed by atoms with Crippen LogP contribution in [0.4, 0.5) is 0 Å². The standard InChI is InChI=1S/C6H5N3OS/c1-4-3-9-6(11-4)8-5(10)2-7-9/h2-3H,1H3. The fraction of sp³-hybridized carbons (Fsp3) is 0.167. The molecule has 2 aromatic rings. The zero-order chi connectivity index (χ0) is 7.84. The number of aryl methyl sites for hydroxylation is 1. The Morgan fingerprint density at radius 2 is 2.45 bits per heavy atom. The highest BCUT2D eigenvalue weighted by Gasteiger charge is 1.97. The first kappa shape index (κ1) is 6.48. The summed E-state index contributed by atoms with van der Waals surface area (Å²) in [6.07, 6.45) is 3.05. The zero-order valence-corrected chi connectivity index (χ0v) is 6.63. The molecular formula is C6H5N3OS. The van der Waals surface area contributed by atoms with Crippen molar-refractivity contribution in [2.24, 2.45) is 0 Å². The van der Waals surface area contributed by atoms with Gasteiger partial charge in [0.25, 0.3) is 5.56 Å². The van der Waals surface area contributed by atoms with E-state index in [0.29, 0.717) is 4.96 Å². The zero-order valence-electron chi connectivity index (χ0n) is 5.81. The van der Waals surface area contributed by atoms with Crippen LogP contribution in [-0.4, -0.2) is 14.6 Å². The normalized spacial score (nSPS) is 10.6. The molecule has 0 fully saturated rings. The Morgan fingerprint density at radius 1 is 1.64 bits per heavy atom. The minimum atomic E-state index is -0.285. The van der Waals surface area contributed by atoms with Crippen LogP contribution in [-0.2, 0) is 0 Å². The van der Waals surface area contributed by atoms with E-state index in [1.807, 2.05) is 13.1 Å². The Hall–Kier alpha value is -1.23. The Balaban J connectivity index is 2.92. The molecule has 0 saturated heterocycles. The molecular weight excluding hydrogens is 162 g/mol. The summed E-state index contributed by atoms with van der Waals surface area (Å²) in [5, 5.41) is 3.85. The first-order valence-corrected chi connectivity index (χ1v) is 3.89. The van der Waals surface area contributed by atoms with Crippen molar-refractivity contribution in [1.29, 1.82) is 0 Å². The van der Waals surface area contributed by atoms with Gasteiger partial charge in [0.15, 0.2) is 0 Å². The number of nitrogens with zero attached hydrogens (tertiary/aromatic N) is 3. The number of aromatic nitrogens is 3. The molecule has 0 aliphatic heterocycles. The van der Waals surface area contributed by atoms with Crippen LogP contribution in [0.3, 0.4) is 0 Å². The van der Waals surface area contributed by atoms with Gasteiger partial charge in [-0.25, -0.2) is 4.52 Å². The van der Waals surface area contributed by atoms with Crippen molar-refractivity contribution in [2.45, 2.75) is 6.92 Å². The van der Waals surface area contributed by atoms with Gasteiger partial charge in [-0.1, -0.05) is 0 Å². The predicted molar refractivity (Wildman–Crippen MR) is 41.9 cm³/mol. The lowest BCUT2D eigenvalue weighted by Crippen LogP contribution is -2.07. The molecule has 11 heavy (non-hydrogen) atoms. The smallest absolute Gasteiger partial charge is 0.266 e. The molecule has 0 aromatic carbocycles. The van der Waals surface area contributed by atoms with Crippen molar-refractivity contribution in [3.63, 3.8) is 0 Å². The van der Waals surface area contributed by atoms with Crippen LogP contribution in [0.1, 0.15) is 4.88 Å². The summed E-state index contributed by atoms with van der Waals surface area (Å²) >= 11 is 1.46. The van der Waals surface area contributed by atoms with Gasteiger partial charge in [0.1, 0.15) is 6.20 Å². The summed E-state index contributed by atoms with van der Waals surface area (Å²) in [5.41, 5.74) is -0.285. The Bertz CT molecular complexity index is 444. The van der Waals surface area contributed by atoms with Gasteiger partial charge >= 0.3 is 0 Å². The SMILES string of the molecule is Cc1cn2ncc(=O)nc2s1. The van der Waals surface area contributed by atoms with E-state index in [-0.39, 0.29) is 5.56 Å². The number of hydrogen-bond acceptors (Lipinski definition) is 4. The average molecular weight is 167 g/mol. The fourth-order valence-electron chi connectivity index (χ4n) is 0.836.